The van der Waals surface area contributed by atoms with E-state index in [-0.39, 0.29) is 11.6 Å². The molecule has 0 N–H and O–H groups in total. The van der Waals surface area contributed by atoms with Gasteiger partial charge in [-0.05, 0) is 55.9 Å². The zero-order valence-corrected chi connectivity index (χ0v) is 12.2. The number of benzene rings is 1. The Labute approximate surface area is 123 Å². The monoisotopic (exact) mass is 284 g/mol. The molecule has 1 aliphatic carbocycles. The highest BCUT2D eigenvalue weighted by atomic mass is 19.1. The van der Waals surface area contributed by atoms with Crippen LogP contribution in [0.5, 0.6) is 0 Å². The summed E-state index contributed by atoms with van der Waals surface area (Å²) >= 11 is 0. The Bertz CT molecular complexity index is 714. The van der Waals surface area contributed by atoms with Crippen LogP contribution in [0.1, 0.15) is 35.7 Å². The molecule has 3 rings (SSSR count). The highest BCUT2D eigenvalue weighted by Crippen LogP contribution is 2.40. The molecule has 0 bridgehead atoms. The number of carbonyl (C=O) groups is 1. The summed E-state index contributed by atoms with van der Waals surface area (Å²) in [5, 5.41) is 0. The number of aryl methyl sites for hydroxylation is 1. The molecular formula is C17H17FN2O. The van der Waals surface area contributed by atoms with Crippen molar-refractivity contribution in [2.24, 2.45) is 0 Å². The standard InChI is InChI=1S/C17H17FN2O/c1-11-14(4-3-5-15(11)18)17(12(2)21)7-6-16-13(8-17)9-19-10-20-16/h3-5,9-10H,6-8H2,1-2H3. The van der Waals surface area contributed by atoms with Crippen molar-refractivity contribution in [2.45, 2.75) is 38.5 Å². The molecule has 1 heterocycles. The van der Waals surface area contributed by atoms with Gasteiger partial charge in [-0.15, -0.1) is 0 Å². The fourth-order valence-corrected chi connectivity index (χ4v) is 3.35. The molecule has 0 aliphatic heterocycles. The minimum atomic E-state index is -0.663. The first-order chi connectivity index (χ1) is 10.0. The van der Waals surface area contributed by atoms with Gasteiger partial charge in [-0.25, -0.2) is 14.4 Å². The summed E-state index contributed by atoms with van der Waals surface area (Å²) in [4.78, 5) is 20.8. The highest BCUT2D eigenvalue weighted by molar-refractivity contribution is 5.89. The lowest BCUT2D eigenvalue weighted by Gasteiger charge is -2.37. The Balaban J connectivity index is 2.15. The molecule has 1 aliphatic rings. The van der Waals surface area contributed by atoms with Crippen LogP contribution in [0.4, 0.5) is 4.39 Å². The smallest absolute Gasteiger partial charge is 0.140 e. The Morgan fingerprint density at radius 1 is 1.38 bits per heavy atom. The molecule has 0 radical (unpaired) electrons. The first kappa shape index (κ1) is 13.9. The van der Waals surface area contributed by atoms with Crippen LogP contribution in [0, 0.1) is 12.7 Å². The van der Waals surface area contributed by atoms with Gasteiger partial charge in [-0.1, -0.05) is 12.1 Å². The SMILES string of the molecule is CC(=O)C1(c2cccc(F)c2C)CCc2ncncc2C1. The number of nitrogens with zero attached hydrogens (tertiary/aromatic N) is 2. The first-order valence-corrected chi connectivity index (χ1v) is 7.09. The Hall–Kier alpha value is -2.10. The van der Waals surface area contributed by atoms with E-state index in [1.165, 1.54) is 12.4 Å². The molecular weight excluding hydrogens is 267 g/mol. The molecule has 0 spiro atoms. The summed E-state index contributed by atoms with van der Waals surface area (Å²) in [5.41, 5.74) is 2.68. The van der Waals surface area contributed by atoms with E-state index in [0.717, 1.165) is 16.8 Å². The number of rotatable bonds is 2. The Morgan fingerprint density at radius 3 is 2.95 bits per heavy atom. The van der Waals surface area contributed by atoms with E-state index < -0.39 is 5.41 Å². The molecule has 1 unspecified atom stereocenters. The van der Waals surface area contributed by atoms with Crippen molar-refractivity contribution in [3.8, 4) is 0 Å². The summed E-state index contributed by atoms with van der Waals surface area (Å²) < 4.78 is 13.9. The zero-order chi connectivity index (χ0) is 15.0. The van der Waals surface area contributed by atoms with Gasteiger partial charge in [0.2, 0.25) is 0 Å². The van der Waals surface area contributed by atoms with Gasteiger partial charge in [-0.3, -0.25) is 4.79 Å². The number of aromatic nitrogens is 2. The van der Waals surface area contributed by atoms with Gasteiger partial charge in [0.1, 0.15) is 17.9 Å². The number of carbonyl (C=O) groups excluding carboxylic acids is 1. The summed E-state index contributed by atoms with van der Waals surface area (Å²) in [6, 6.07) is 4.99. The van der Waals surface area contributed by atoms with Gasteiger partial charge < -0.3 is 0 Å². The lowest BCUT2D eigenvalue weighted by atomic mass is 9.65. The molecule has 1 aromatic carbocycles. The van der Waals surface area contributed by atoms with Crippen molar-refractivity contribution in [1.29, 1.82) is 0 Å². The highest BCUT2D eigenvalue weighted by Gasteiger charge is 2.42. The van der Waals surface area contributed by atoms with E-state index in [9.17, 15) is 9.18 Å². The second kappa shape index (κ2) is 5.02. The Morgan fingerprint density at radius 2 is 2.19 bits per heavy atom. The summed E-state index contributed by atoms with van der Waals surface area (Å²) in [6.07, 6.45) is 5.23. The van der Waals surface area contributed by atoms with Gasteiger partial charge in [-0.2, -0.15) is 0 Å². The maximum absolute atomic E-state index is 13.9. The van der Waals surface area contributed by atoms with Crippen molar-refractivity contribution in [2.75, 3.05) is 0 Å². The van der Waals surface area contributed by atoms with E-state index >= 15 is 0 Å². The van der Waals surface area contributed by atoms with Crippen LogP contribution in [-0.4, -0.2) is 15.8 Å². The van der Waals surface area contributed by atoms with Crippen LogP contribution in [0.15, 0.2) is 30.7 Å². The predicted octanol–water partition coefficient (Wildman–Crippen LogP) is 2.94. The predicted molar refractivity (Wildman–Crippen MR) is 77.6 cm³/mol. The van der Waals surface area contributed by atoms with E-state index in [2.05, 4.69) is 9.97 Å². The number of hydrogen-bond donors (Lipinski definition) is 0. The topological polar surface area (TPSA) is 42.9 Å². The van der Waals surface area contributed by atoms with Crippen molar-refractivity contribution >= 4 is 5.78 Å². The molecule has 1 atom stereocenters. The minimum Gasteiger partial charge on any atom is -0.299 e. The van der Waals surface area contributed by atoms with Gasteiger partial charge in [0.25, 0.3) is 0 Å². The third-order valence-corrected chi connectivity index (χ3v) is 4.62. The average molecular weight is 284 g/mol. The maximum Gasteiger partial charge on any atom is 0.140 e. The molecule has 0 saturated carbocycles. The Kier molecular flexibility index (Phi) is 3.32. The second-order valence-electron chi connectivity index (χ2n) is 5.72. The van der Waals surface area contributed by atoms with E-state index in [0.29, 0.717) is 24.8 Å². The van der Waals surface area contributed by atoms with Gasteiger partial charge in [0.05, 0.1) is 5.41 Å². The molecule has 0 fully saturated rings. The molecule has 2 aromatic rings. The van der Waals surface area contributed by atoms with Gasteiger partial charge in [0, 0.05) is 11.9 Å². The fourth-order valence-electron chi connectivity index (χ4n) is 3.35. The van der Waals surface area contributed by atoms with Crippen molar-refractivity contribution in [3.63, 3.8) is 0 Å². The summed E-state index contributed by atoms with van der Waals surface area (Å²) in [5.74, 6) is -0.186. The molecule has 108 valence electrons. The van der Waals surface area contributed by atoms with Crippen LogP contribution in [0.2, 0.25) is 0 Å². The van der Waals surface area contributed by atoms with Crippen LogP contribution >= 0.6 is 0 Å². The third-order valence-electron chi connectivity index (χ3n) is 4.62. The molecule has 4 heteroatoms. The third kappa shape index (κ3) is 2.15. The van der Waals surface area contributed by atoms with E-state index in [1.807, 2.05) is 6.07 Å². The van der Waals surface area contributed by atoms with Gasteiger partial charge >= 0.3 is 0 Å². The fraction of sp³-hybridized carbons (Fsp3) is 0.353. The first-order valence-electron chi connectivity index (χ1n) is 7.09. The number of hydrogen-bond acceptors (Lipinski definition) is 3. The minimum absolute atomic E-state index is 0.0747. The van der Waals surface area contributed by atoms with E-state index in [1.54, 1.807) is 26.1 Å². The second-order valence-corrected chi connectivity index (χ2v) is 5.72. The van der Waals surface area contributed by atoms with Crippen molar-refractivity contribution in [3.05, 3.63) is 58.9 Å². The van der Waals surface area contributed by atoms with Crippen LogP contribution < -0.4 is 0 Å². The summed E-state index contributed by atoms with van der Waals surface area (Å²) in [7, 11) is 0. The van der Waals surface area contributed by atoms with E-state index in [4.69, 9.17) is 0 Å². The van der Waals surface area contributed by atoms with Crippen molar-refractivity contribution in [1.82, 2.24) is 9.97 Å². The number of Topliss-reactive ketones (excluding diaryl/α,β-unsaturated/α-hetero) is 1. The average Bonchev–Trinajstić information content (AvgIpc) is 2.49. The lowest BCUT2D eigenvalue weighted by Crippen LogP contribution is -2.41. The number of halogens is 1. The molecule has 21 heavy (non-hydrogen) atoms. The maximum atomic E-state index is 13.9. The normalized spacial score (nSPS) is 20.9. The molecule has 0 saturated heterocycles. The quantitative estimate of drug-likeness (QED) is 0.851. The number of ketones is 1. The van der Waals surface area contributed by atoms with Crippen LogP contribution in [-0.2, 0) is 23.1 Å². The molecule has 0 amide bonds. The van der Waals surface area contributed by atoms with Gasteiger partial charge in [0.15, 0.2) is 0 Å². The largest absolute Gasteiger partial charge is 0.299 e. The zero-order valence-electron chi connectivity index (χ0n) is 12.2. The number of fused-ring (bicyclic) bond motifs is 1. The lowest BCUT2D eigenvalue weighted by molar-refractivity contribution is -0.123. The molecule has 3 nitrogen and oxygen atoms in total. The summed E-state index contributed by atoms with van der Waals surface area (Å²) in [6.45, 7) is 3.34. The van der Waals surface area contributed by atoms with Crippen LogP contribution in [0.25, 0.3) is 0 Å². The van der Waals surface area contributed by atoms with Crippen LogP contribution in [0.3, 0.4) is 0 Å². The van der Waals surface area contributed by atoms with Crippen molar-refractivity contribution < 1.29 is 9.18 Å². The molecule has 1 aromatic heterocycles.